The largest absolute Gasteiger partial charge is 0.369 e. The molecule has 164 valence electrons. The first-order valence-electron chi connectivity index (χ1n) is 10.3. The molecule has 2 aromatic heterocycles. The second-order valence-corrected chi connectivity index (χ2v) is 7.74. The lowest BCUT2D eigenvalue weighted by atomic mass is 10.1. The molecule has 1 aromatic carbocycles. The normalized spacial score (nSPS) is 14.2. The van der Waals surface area contributed by atoms with Gasteiger partial charge in [0.2, 0.25) is 0 Å². The Labute approximate surface area is 186 Å². The van der Waals surface area contributed by atoms with E-state index in [1.807, 2.05) is 12.1 Å². The molecule has 0 bridgehead atoms. The molecule has 0 aliphatic carbocycles. The van der Waals surface area contributed by atoms with Crippen LogP contribution < -0.4 is 21.7 Å². The molecule has 0 saturated carbocycles. The fourth-order valence-corrected chi connectivity index (χ4v) is 3.60. The van der Waals surface area contributed by atoms with E-state index in [0.29, 0.717) is 5.69 Å². The first kappa shape index (κ1) is 21.3. The van der Waals surface area contributed by atoms with Gasteiger partial charge in [0.05, 0.1) is 5.69 Å². The Morgan fingerprint density at radius 3 is 2.16 bits per heavy atom. The number of hydrogen-bond acceptors (Lipinski definition) is 7. The van der Waals surface area contributed by atoms with Gasteiger partial charge in [-0.05, 0) is 43.4 Å². The monoisotopic (exact) mass is 431 g/mol. The van der Waals surface area contributed by atoms with Crippen molar-refractivity contribution < 1.29 is 9.59 Å². The standard InChI is InChI=1S/C23H25N7O2/c1-29-8-10-30(11-9-29)18-5-3-17(4-6-18)28-20-12-16(14-27-21(20)23(25)32)15-2-7-19(22(24)31)26-13-15/h2-7,12-14,28H,8-11H2,1H3,(H2,24,31)(H2,25,32). The average Bonchev–Trinajstić information content (AvgIpc) is 2.80. The van der Waals surface area contributed by atoms with Gasteiger partial charge >= 0.3 is 0 Å². The van der Waals surface area contributed by atoms with Crippen LogP contribution in [0.3, 0.4) is 0 Å². The number of carbonyl (C=O) groups is 2. The number of nitrogens with zero attached hydrogens (tertiary/aromatic N) is 4. The molecule has 0 atom stereocenters. The maximum Gasteiger partial charge on any atom is 0.269 e. The minimum absolute atomic E-state index is 0.138. The van der Waals surface area contributed by atoms with Crippen LogP contribution in [0.4, 0.5) is 17.1 Å². The summed E-state index contributed by atoms with van der Waals surface area (Å²) in [6.45, 7) is 4.05. The fourth-order valence-electron chi connectivity index (χ4n) is 3.60. The molecule has 5 N–H and O–H groups in total. The number of pyridine rings is 2. The maximum absolute atomic E-state index is 11.9. The summed E-state index contributed by atoms with van der Waals surface area (Å²) in [5.41, 5.74) is 15.0. The third-order valence-corrected chi connectivity index (χ3v) is 5.49. The van der Waals surface area contributed by atoms with Gasteiger partial charge in [-0.15, -0.1) is 0 Å². The molecule has 2 amide bonds. The van der Waals surface area contributed by atoms with Gasteiger partial charge in [-0.2, -0.15) is 0 Å². The van der Waals surface area contributed by atoms with Crippen molar-refractivity contribution >= 4 is 28.9 Å². The number of likely N-dealkylation sites (N-methyl/N-ethyl adjacent to an activating group) is 1. The minimum Gasteiger partial charge on any atom is -0.369 e. The van der Waals surface area contributed by atoms with E-state index < -0.39 is 11.8 Å². The van der Waals surface area contributed by atoms with Crippen LogP contribution in [0.25, 0.3) is 11.1 Å². The van der Waals surface area contributed by atoms with Gasteiger partial charge < -0.3 is 26.6 Å². The second-order valence-electron chi connectivity index (χ2n) is 7.74. The summed E-state index contributed by atoms with van der Waals surface area (Å²) in [5, 5.41) is 3.25. The van der Waals surface area contributed by atoms with E-state index in [1.54, 1.807) is 24.4 Å². The van der Waals surface area contributed by atoms with E-state index >= 15 is 0 Å². The molecule has 3 aromatic rings. The van der Waals surface area contributed by atoms with E-state index in [0.717, 1.165) is 48.7 Å². The summed E-state index contributed by atoms with van der Waals surface area (Å²) in [7, 11) is 2.13. The topological polar surface area (TPSA) is 130 Å². The molecular weight excluding hydrogens is 406 g/mol. The molecule has 0 spiro atoms. The number of nitrogens with two attached hydrogens (primary N) is 2. The molecule has 1 aliphatic rings. The Hall–Kier alpha value is -3.98. The van der Waals surface area contributed by atoms with Crippen LogP contribution in [0.2, 0.25) is 0 Å². The number of aromatic nitrogens is 2. The Bertz CT molecular complexity index is 1120. The molecule has 1 saturated heterocycles. The van der Waals surface area contributed by atoms with E-state index in [2.05, 4.69) is 44.3 Å². The highest BCUT2D eigenvalue weighted by Gasteiger charge is 2.15. The Morgan fingerprint density at radius 1 is 0.875 bits per heavy atom. The van der Waals surface area contributed by atoms with Crippen molar-refractivity contribution in [3.8, 4) is 11.1 Å². The minimum atomic E-state index is -0.629. The summed E-state index contributed by atoms with van der Waals surface area (Å²) in [6.07, 6.45) is 3.08. The van der Waals surface area contributed by atoms with E-state index in [9.17, 15) is 9.59 Å². The number of benzene rings is 1. The van der Waals surface area contributed by atoms with Crippen molar-refractivity contribution in [1.29, 1.82) is 0 Å². The quantitative estimate of drug-likeness (QED) is 0.543. The summed E-state index contributed by atoms with van der Waals surface area (Å²) >= 11 is 0. The number of primary amides is 2. The molecule has 0 unspecified atom stereocenters. The molecule has 9 heteroatoms. The van der Waals surface area contributed by atoms with Gasteiger partial charge in [0.1, 0.15) is 5.69 Å². The van der Waals surface area contributed by atoms with Crippen LogP contribution in [0, 0.1) is 0 Å². The van der Waals surface area contributed by atoms with Gasteiger partial charge in [0.15, 0.2) is 5.69 Å². The number of anilines is 3. The van der Waals surface area contributed by atoms with Crippen LogP contribution in [0.15, 0.2) is 54.9 Å². The SMILES string of the molecule is CN1CCN(c2ccc(Nc3cc(-c4ccc(C(N)=O)nc4)cnc3C(N)=O)cc2)CC1. The molecule has 4 rings (SSSR count). The van der Waals surface area contributed by atoms with Crippen molar-refractivity contribution in [1.82, 2.24) is 14.9 Å². The van der Waals surface area contributed by atoms with Crippen LogP contribution in [0.1, 0.15) is 21.0 Å². The van der Waals surface area contributed by atoms with Crippen LogP contribution >= 0.6 is 0 Å². The van der Waals surface area contributed by atoms with Crippen LogP contribution in [-0.4, -0.2) is 59.9 Å². The van der Waals surface area contributed by atoms with Crippen LogP contribution in [0.5, 0.6) is 0 Å². The predicted octanol–water partition coefficient (Wildman–Crippen LogP) is 1.84. The van der Waals surface area contributed by atoms with E-state index in [1.165, 1.54) is 6.20 Å². The van der Waals surface area contributed by atoms with Crippen molar-refractivity contribution in [2.24, 2.45) is 11.5 Å². The molecule has 9 nitrogen and oxygen atoms in total. The lowest BCUT2D eigenvalue weighted by Crippen LogP contribution is -2.44. The number of piperazine rings is 1. The van der Waals surface area contributed by atoms with Crippen molar-refractivity contribution in [2.45, 2.75) is 0 Å². The van der Waals surface area contributed by atoms with Gasteiger partial charge in [0, 0.05) is 61.1 Å². The summed E-state index contributed by atoms with van der Waals surface area (Å²) in [6, 6.07) is 13.1. The maximum atomic E-state index is 11.9. The molecule has 32 heavy (non-hydrogen) atoms. The molecule has 1 fully saturated rings. The zero-order chi connectivity index (χ0) is 22.7. The van der Waals surface area contributed by atoms with Gasteiger partial charge in [0.25, 0.3) is 11.8 Å². The first-order chi connectivity index (χ1) is 15.4. The van der Waals surface area contributed by atoms with Gasteiger partial charge in [-0.3, -0.25) is 14.6 Å². The number of rotatable bonds is 6. The van der Waals surface area contributed by atoms with Crippen molar-refractivity contribution in [3.05, 3.63) is 66.2 Å². The molecule has 0 radical (unpaired) electrons. The summed E-state index contributed by atoms with van der Waals surface area (Å²) < 4.78 is 0. The van der Waals surface area contributed by atoms with Crippen LogP contribution in [-0.2, 0) is 0 Å². The molecular formula is C23H25N7O2. The number of hydrogen-bond donors (Lipinski definition) is 3. The summed E-state index contributed by atoms with van der Waals surface area (Å²) in [5.74, 6) is -1.23. The Balaban J connectivity index is 1.57. The lowest BCUT2D eigenvalue weighted by molar-refractivity contribution is 0.0987. The summed E-state index contributed by atoms with van der Waals surface area (Å²) in [4.78, 5) is 36.1. The second kappa shape index (κ2) is 9.03. The van der Waals surface area contributed by atoms with E-state index in [4.69, 9.17) is 11.5 Å². The van der Waals surface area contributed by atoms with E-state index in [-0.39, 0.29) is 11.4 Å². The zero-order valence-electron chi connectivity index (χ0n) is 17.8. The average molecular weight is 432 g/mol. The zero-order valence-corrected chi connectivity index (χ0v) is 17.8. The third kappa shape index (κ3) is 4.68. The molecule has 1 aliphatic heterocycles. The van der Waals surface area contributed by atoms with Gasteiger partial charge in [-0.25, -0.2) is 4.98 Å². The highest BCUT2D eigenvalue weighted by atomic mass is 16.1. The Kier molecular flexibility index (Phi) is 6.00. The van der Waals surface area contributed by atoms with Crippen molar-refractivity contribution in [2.75, 3.05) is 43.4 Å². The predicted molar refractivity (Wildman–Crippen MR) is 124 cm³/mol. The number of carbonyl (C=O) groups excluding carboxylic acids is 2. The smallest absolute Gasteiger partial charge is 0.269 e. The highest BCUT2D eigenvalue weighted by molar-refractivity contribution is 5.98. The fraction of sp³-hybridized carbons (Fsp3) is 0.217. The molecule has 3 heterocycles. The number of nitrogens with one attached hydrogen (secondary N) is 1. The first-order valence-corrected chi connectivity index (χ1v) is 10.3. The highest BCUT2D eigenvalue weighted by Crippen LogP contribution is 2.27. The third-order valence-electron chi connectivity index (χ3n) is 5.49. The lowest BCUT2D eigenvalue weighted by Gasteiger charge is -2.34. The van der Waals surface area contributed by atoms with Gasteiger partial charge in [-0.1, -0.05) is 6.07 Å². The van der Waals surface area contributed by atoms with Crippen molar-refractivity contribution in [3.63, 3.8) is 0 Å². The Morgan fingerprint density at radius 2 is 1.56 bits per heavy atom. The number of amides is 2.